The number of hydrogen-bond donors (Lipinski definition) is 0. The van der Waals surface area contributed by atoms with E-state index in [2.05, 4.69) is 41.1 Å². The number of nitrogens with zero attached hydrogens (tertiary/aromatic N) is 4. The fourth-order valence-electron chi connectivity index (χ4n) is 3.76. The molecule has 0 saturated heterocycles. The van der Waals surface area contributed by atoms with Crippen molar-refractivity contribution in [3.63, 3.8) is 0 Å². The number of aryl methyl sites for hydroxylation is 1. The Morgan fingerprint density at radius 1 is 0.765 bits per heavy atom. The molecule has 1 aromatic carbocycles. The molecule has 1 heterocycles. The van der Waals surface area contributed by atoms with E-state index in [0.29, 0.717) is 12.2 Å². The molecule has 0 aliphatic heterocycles. The number of anilines is 1. The van der Waals surface area contributed by atoms with Crippen LogP contribution in [0.15, 0.2) is 59.0 Å². The highest BCUT2D eigenvalue weighted by Crippen LogP contribution is 2.23. The summed E-state index contributed by atoms with van der Waals surface area (Å²) < 4.78 is 33.9. The summed E-state index contributed by atoms with van der Waals surface area (Å²) in [6.45, 7) is 7.15. The summed E-state index contributed by atoms with van der Waals surface area (Å²) >= 11 is 0. The Morgan fingerprint density at radius 2 is 1.29 bits per heavy atom. The van der Waals surface area contributed by atoms with Crippen LogP contribution in [0, 0.1) is 0 Å². The molecule has 0 N–H and O–H groups in total. The van der Waals surface area contributed by atoms with Crippen LogP contribution in [0.3, 0.4) is 0 Å². The van der Waals surface area contributed by atoms with Gasteiger partial charge in [-0.1, -0.05) is 52.4 Å². The summed E-state index contributed by atoms with van der Waals surface area (Å²) in [6.07, 6.45) is 14.0. The van der Waals surface area contributed by atoms with Gasteiger partial charge in [-0.15, -0.1) is 0 Å². The van der Waals surface area contributed by atoms with Crippen molar-refractivity contribution in [2.24, 2.45) is 10.2 Å². The van der Waals surface area contributed by atoms with Crippen molar-refractivity contribution in [1.29, 1.82) is 0 Å². The first-order chi connectivity index (χ1) is 16.4. The van der Waals surface area contributed by atoms with Gasteiger partial charge < -0.3 is 9.45 Å². The lowest BCUT2D eigenvalue weighted by molar-refractivity contribution is -0.696. The molecular weight excluding hydrogens is 448 g/mol. The second kappa shape index (κ2) is 15.6. The van der Waals surface area contributed by atoms with E-state index in [4.69, 9.17) is 0 Å². The van der Waals surface area contributed by atoms with Crippen LogP contribution < -0.4 is 9.47 Å². The first-order valence-electron chi connectivity index (χ1n) is 12.6. The van der Waals surface area contributed by atoms with Gasteiger partial charge in [-0.25, -0.2) is 13.0 Å². The largest absolute Gasteiger partial charge is 0.748 e. The average Bonchev–Trinajstić information content (AvgIpc) is 2.82. The molecular formula is C26H40N4O3S. The predicted molar refractivity (Wildman–Crippen MR) is 137 cm³/mol. The number of hydrogen-bond acceptors (Lipinski definition) is 6. The molecule has 7 nitrogen and oxygen atoms in total. The third-order valence-electron chi connectivity index (χ3n) is 5.74. The maximum Gasteiger partial charge on any atom is 0.171 e. The molecule has 0 fully saturated rings. The quantitative estimate of drug-likeness (QED) is 0.113. The number of azo groups is 1. The maximum atomic E-state index is 10.7. The van der Waals surface area contributed by atoms with Gasteiger partial charge >= 0.3 is 0 Å². The van der Waals surface area contributed by atoms with Gasteiger partial charge in [0.05, 0.1) is 21.5 Å². The molecule has 2 aromatic rings. The van der Waals surface area contributed by atoms with Gasteiger partial charge in [0, 0.05) is 43.1 Å². The minimum Gasteiger partial charge on any atom is -0.748 e. The van der Waals surface area contributed by atoms with Gasteiger partial charge in [-0.3, -0.25) is 0 Å². The Balaban J connectivity index is 1.92. The standard InChI is InChI=1S/C26H40N4O3S/c1-3-5-7-9-19-30(20-10-8-6-4-2)26-14-12-24(13-15-26)27-28-25-16-21-29(22-17-25)18-11-23-34(31,32)33/h12-17,21-22H,3-11,18-20,23H2,1-2H3. The molecule has 0 aliphatic carbocycles. The van der Waals surface area contributed by atoms with Crippen LogP contribution in [-0.2, 0) is 16.7 Å². The molecule has 0 unspecified atom stereocenters. The molecule has 2 rings (SSSR count). The molecule has 0 aliphatic rings. The lowest BCUT2D eigenvalue weighted by atomic mass is 10.1. The van der Waals surface area contributed by atoms with Crippen molar-refractivity contribution in [2.75, 3.05) is 23.7 Å². The Bertz CT molecular complexity index is 933. The van der Waals surface area contributed by atoms with Gasteiger partial charge in [0.2, 0.25) is 0 Å². The number of rotatable bonds is 17. The highest BCUT2D eigenvalue weighted by atomic mass is 32.2. The lowest BCUT2D eigenvalue weighted by Gasteiger charge is -2.25. The van der Waals surface area contributed by atoms with E-state index in [1.807, 2.05) is 41.2 Å². The van der Waals surface area contributed by atoms with Crippen LogP contribution in [0.4, 0.5) is 17.1 Å². The predicted octanol–water partition coefficient (Wildman–Crippen LogP) is 6.29. The van der Waals surface area contributed by atoms with Crippen molar-refractivity contribution in [3.8, 4) is 0 Å². The maximum absolute atomic E-state index is 10.7. The van der Waals surface area contributed by atoms with E-state index in [1.165, 1.54) is 57.1 Å². The van der Waals surface area contributed by atoms with E-state index in [1.54, 1.807) is 0 Å². The molecule has 0 amide bonds. The molecule has 0 spiro atoms. The Hall–Kier alpha value is -2.32. The summed E-state index contributed by atoms with van der Waals surface area (Å²) in [5.41, 5.74) is 2.76. The van der Waals surface area contributed by atoms with Gasteiger partial charge in [-0.05, 0) is 37.1 Å². The van der Waals surface area contributed by atoms with Crippen LogP contribution >= 0.6 is 0 Å². The van der Waals surface area contributed by atoms with Crippen molar-refractivity contribution >= 4 is 27.2 Å². The third kappa shape index (κ3) is 11.7. The summed E-state index contributed by atoms with van der Waals surface area (Å²) in [4.78, 5) is 2.50. The zero-order chi connectivity index (χ0) is 24.7. The zero-order valence-electron chi connectivity index (χ0n) is 20.7. The SMILES string of the molecule is CCCCCCN(CCCCCC)c1ccc(N=Nc2cc[n+](CCCS(=O)(=O)[O-])cc2)cc1. The van der Waals surface area contributed by atoms with E-state index < -0.39 is 10.1 Å². The van der Waals surface area contributed by atoms with Crippen LogP contribution in [0.5, 0.6) is 0 Å². The minimum atomic E-state index is -4.16. The first kappa shape index (κ1) is 27.9. The molecule has 0 radical (unpaired) electrons. The fraction of sp³-hybridized carbons (Fsp3) is 0.577. The van der Waals surface area contributed by atoms with Gasteiger partial charge in [0.25, 0.3) is 0 Å². The number of pyridine rings is 1. The minimum absolute atomic E-state index is 0.290. The topological polar surface area (TPSA) is 89.0 Å². The van der Waals surface area contributed by atoms with E-state index in [9.17, 15) is 13.0 Å². The Morgan fingerprint density at radius 3 is 1.79 bits per heavy atom. The van der Waals surface area contributed by atoms with Gasteiger partial charge in [0.1, 0.15) is 6.54 Å². The van der Waals surface area contributed by atoms with Crippen molar-refractivity contribution in [1.82, 2.24) is 0 Å². The zero-order valence-corrected chi connectivity index (χ0v) is 21.5. The lowest BCUT2D eigenvalue weighted by Crippen LogP contribution is -2.33. The van der Waals surface area contributed by atoms with Crippen LogP contribution in [0.2, 0.25) is 0 Å². The average molecular weight is 489 g/mol. The summed E-state index contributed by atoms with van der Waals surface area (Å²) in [7, 11) is -4.16. The van der Waals surface area contributed by atoms with E-state index in [0.717, 1.165) is 18.8 Å². The van der Waals surface area contributed by atoms with Gasteiger partial charge in [0.15, 0.2) is 12.4 Å². The number of benzene rings is 1. The molecule has 8 heteroatoms. The smallest absolute Gasteiger partial charge is 0.171 e. The van der Waals surface area contributed by atoms with Crippen LogP contribution in [0.1, 0.15) is 71.6 Å². The second-order valence-electron chi connectivity index (χ2n) is 8.73. The molecule has 34 heavy (non-hydrogen) atoms. The normalized spacial score (nSPS) is 11.9. The van der Waals surface area contributed by atoms with Crippen molar-refractivity contribution in [2.45, 2.75) is 78.2 Å². The Kier molecular flexibility index (Phi) is 12.8. The highest BCUT2D eigenvalue weighted by Gasteiger charge is 2.07. The first-order valence-corrected chi connectivity index (χ1v) is 14.2. The van der Waals surface area contributed by atoms with Crippen molar-refractivity contribution in [3.05, 3.63) is 48.8 Å². The van der Waals surface area contributed by atoms with Crippen LogP contribution in [-0.4, -0.2) is 31.8 Å². The summed E-state index contributed by atoms with van der Waals surface area (Å²) in [5.74, 6) is -0.355. The molecule has 0 atom stereocenters. The number of unbranched alkanes of at least 4 members (excludes halogenated alkanes) is 6. The van der Waals surface area contributed by atoms with E-state index in [-0.39, 0.29) is 12.2 Å². The highest BCUT2D eigenvalue weighted by molar-refractivity contribution is 7.85. The van der Waals surface area contributed by atoms with Crippen molar-refractivity contribution < 1.29 is 17.5 Å². The molecule has 0 bridgehead atoms. The molecule has 0 saturated carbocycles. The molecule has 188 valence electrons. The number of aromatic nitrogens is 1. The fourth-order valence-corrected chi connectivity index (χ4v) is 4.25. The third-order valence-corrected chi connectivity index (χ3v) is 6.53. The van der Waals surface area contributed by atoms with Gasteiger partial charge in [-0.2, -0.15) is 10.2 Å². The molecule has 1 aromatic heterocycles. The monoisotopic (exact) mass is 488 g/mol. The Labute approximate surface area is 205 Å². The van der Waals surface area contributed by atoms with Crippen LogP contribution in [0.25, 0.3) is 0 Å². The summed E-state index contributed by atoms with van der Waals surface area (Å²) in [6, 6.07) is 11.9. The second-order valence-corrected chi connectivity index (χ2v) is 10.3. The summed E-state index contributed by atoms with van der Waals surface area (Å²) in [5, 5.41) is 8.65. The van der Waals surface area contributed by atoms with E-state index >= 15 is 0 Å².